The van der Waals surface area contributed by atoms with Gasteiger partial charge in [0, 0.05) is 24.8 Å². The van der Waals surface area contributed by atoms with Gasteiger partial charge in [0.2, 0.25) is 0 Å². The average molecular weight is 372 g/mol. The van der Waals surface area contributed by atoms with Crippen molar-refractivity contribution < 1.29 is 4.79 Å². The molecular weight excluding hydrogens is 348 g/mol. The summed E-state index contributed by atoms with van der Waals surface area (Å²) in [7, 11) is 0. The summed E-state index contributed by atoms with van der Waals surface area (Å²) in [5.41, 5.74) is 6.32. The van der Waals surface area contributed by atoms with Crippen LogP contribution in [-0.2, 0) is 13.0 Å². The maximum Gasteiger partial charge on any atom is 0.272 e. The van der Waals surface area contributed by atoms with Gasteiger partial charge in [0.25, 0.3) is 5.91 Å². The Morgan fingerprint density at radius 1 is 1.00 bits per heavy atom. The molecule has 1 aliphatic rings. The van der Waals surface area contributed by atoms with Crippen LogP contribution in [0.15, 0.2) is 48.5 Å². The van der Waals surface area contributed by atoms with Crippen molar-refractivity contribution in [2.45, 2.75) is 33.7 Å². The van der Waals surface area contributed by atoms with Crippen molar-refractivity contribution >= 4 is 17.4 Å². The minimum absolute atomic E-state index is 0.0518. The van der Waals surface area contributed by atoms with E-state index in [1.54, 1.807) is 6.07 Å². The number of amides is 1. The molecule has 1 N–H and O–H groups in total. The molecule has 1 aromatic heterocycles. The van der Waals surface area contributed by atoms with Crippen molar-refractivity contribution in [3.8, 4) is 0 Å². The van der Waals surface area contributed by atoms with Crippen LogP contribution in [0.2, 0.25) is 0 Å². The van der Waals surface area contributed by atoms with Crippen LogP contribution in [0.25, 0.3) is 0 Å². The second-order valence-corrected chi connectivity index (χ2v) is 7.30. The minimum atomic E-state index is -0.0518. The monoisotopic (exact) mass is 372 g/mol. The lowest BCUT2D eigenvalue weighted by atomic mass is 10.00. The number of aromatic nitrogens is 2. The molecular formula is C23H24N4O. The standard InChI is InChI=1S/C23H24N4O/c1-15-7-6-10-20(16(15)2)26-22-13-21(24-17(3)25-22)23(28)27-12-11-18-8-4-5-9-19(18)14-27/h4-10,13H,11-12,14H2,1-3H3,(H,24,25,26). The van der Waals surface area contributed by atoms with Crippen LogP contribution >= 0.6 is 0 Å². The molecule has 0 aliphatic carbocycles. The Balaban J connectivity index is 1.59. The highest BCUT2D eigenvalue weighted by Crippen LogP contribution is 2.24. The highest BCUT2D eigenvalue weighted by molar-refractivity contribution is 5.93. The quantitative estimate of drug-likeness (QED) is 0.743. The lowest BCUT2D eigenvalue weighted by Crippen LogP contribution is -2.36. The average Bonchev–Trinajstić information content (AvgIpc) is 2.70. The Bertz CT molecular complexity index is 1040. The second kappa shape index (κ2) is 7.43. The zero-order valence-electron chi connectivity index (χ0n) is 16.5. The molecule has 0 radical (unpaired) electrons. The summed E-state index contributed by atoms with van der Waals surface area (Å²) < 4.78 is 0. The summed E-state index contributed by atoms with van der Waals surface area (Å²) in [6, 6.07) is 16.2. The van der Waals surface area contributed by atoms with Gasteiger partial charge >= 0.3 is 0 Å². The lowest BCUT2D eigenvalue weighted by Gasteiger charge is -2.28. The Kier molecular flexibility index (Phi) is 4.82. The summed E-state index contributed by atoms with van der Waals surface area (Å²) >= 11 is 0. The van der Waals surface area contributed by atoms with Gasteiger partial charge in [-0.2, -0.15) is 0 Å². The molecule has 1 amide bonds. The number of aryl methyl sites for hydroxylation is 2. The van der Waals surface area contributed by atoms with Crippen molar-refractivity contribution in [2.24, 2.45) is 0 Å². The summed E-state index contributed by atoms with van der Waals surface area (Å²) in [5, 5.41) is 3.35. The summed E-state index contributed by atoms with van der Waals surface area (Å²) in [6.45, 7) is 7.30. The zero-order chi connectivity index (χ0) is 19.7. The number of nitrogens with zero attached hydrogens (tertiary/aromatic N) is 3. The van der Waals surface area contributed by atoms with E-state index >= 15 is 0 Å². The molecule has 0 saturated carbocycles. The molecule has 2 aromatic carbocycles. The van der Waals surface area contributed by atoms with Gasteiger partial charge in [0.05, 0.1) is 0 Å². The largest absolute Gasteiger partial charge is 0.340 e. The molecule has 0 unspecified atom stereocenters. The van der Waals surface area contributed by atoms with Gasteiger partial charge in [0.1, 0.15) is 17.3 Å². The molecule has 0 fully saturated rings. The van der Waals surface area contributed by atoms with Gasteiger partial charge in [-0.25, -0.2) is 9.97 Å². The van der Waals surface area contributed by atoms with E-state index in [4.69, 9.17) is 0 Å². The number of hydrogen-bond acceptors (Lipinski definition) is 4. The molecule has 28 heavy (non-hydrogen) atoms. The van der Waals surface area contributed by atoms with Gasteiger partial charge in [-0.1, -0.05) is 36.4 Å². The van der Waals surface area contributed by atoms with Crippen molar-refractivity contribution in [1.82, 2.24) is 14.9 Å². The van der Waals surface area contributed by atoms with E-state index in [0.717, 1.165) is 12.1 Å². The number of anilines is 2. The lowest BCUT2D eigenvalue weighted by molar-refractivity contribution is 0.0728. The fourth-order valence-electron chi connectivity index (χ4n) is 3.60. The van der Waals surface area contributed by atoms with Crippen LogP contribution in [0, 0.1) is 20.8 Å². The second-order valence-electron chi connectivity index (χ2n) is 7.30. The van der Waals surface area contributed by atoms with Crippen LogP contribution in [0.5, 0.6) is 0 Å². The van der Waals surface area contributed by atoms with Crippen LogP contribution in [-0.4, -0.2) is 27.3 Å². The fraction of sp³-hybridized carbons (Fsp3) is 0.261. The molecule has 0 atom stereocenters. The van der Waals surface area contributed by atoms with Crippen LogP contribution in [0.3, 0.4) is 0 Å². The van der Waals surface area contributed by atoms with Crippen molar-refractivity contribution in [3.63, 3.8) is 0 Å². The Morgan fingerprint density at radius 2 is 1.79 bits per heavy atom. The first-order valence-corrected chi connectivity index (χ1v) is 9.56. The van der Waals surface area contributed by atoms with Gasteiger partial charge in [-0.05, 0) is 55.5 Å². The van der Waals surface area contributed by atoms with Gasteiger partial charge in [-0.3, -0.25) is 4.79 Å². The van der Waals surface area contributed by atoms with E-state index in [0.29, 0.717) is 30.4 Å². The van der Waals surface area contributed by atoms with Crippen molar-refractivity contribution in [3.05, 3.63) is 82.3 Å². The third kappa shape index (κ3) is 3.60. The summed E-state index contributed by atoms with van der Waals surface area (Å²) in [4.78, 5) is 23.8. The van der Waals surface area contributed by atoms with E-state index in [9.17, 15) is 4.79 Å². The van der Waals surface area contributed by atoms with E-state index in [-0.39, 0.29) is 5.91 Å². The smallest absolute Gasteiger partial charge is 0.272 e. The molecule has 5 heteroatoms. The maximum absolute atomic E-state index is 13.1. The fourth-order valence-corrected chi connectivity index (χ4v) is 3.60. The molecule has 5 nitrogen and oxygen atoms in total. The number of nitrogens with one attached hydrogen (secondary N) is 1. The number of carbonyl (C=O) groups excluding carboxylic acids is 1. The van der Waals surface area contributed by atoms with E-state index in [2.05, 4.69) is 53.4 Å². The number of carbonyl (C=O) groups is 1. The third-order valence-corrected chi connectivity index (χ3v) is 5.34. The van der Waals surface area contributed by atoms with Crippen molar-refractivity contribution in [1.29, 1.82) is 0 Å². The zero-order valence-corrected chi connectivity index (χ0v) is 16.5. The van der Waals surface area contributed by atoms with Crippen LogP contribution in [0.1, 0.15) is 38.6 Å². The Hall–Kier alpha value is -3.21. The number of benzene rings is 2. The molecule has 3 aromatic rings. The van der Waals surface area contributed by atoms with Gasteiger partial charge in [0.15, 0.2) is 0 Å². The molecule has 0 spiro atoms. The minimum Gasteiger partial charge on any atom is -0.340 e. The first kappa shape index (κ1) is 18.2. The van der Waals surface area contributed by atoms with Crippen LogP contribution < -0.4 is 5.32 Å². The summed E-state index contributed by atoms with van der Waals surface area (Å²) in [5.74, 6) is 1.17. The summed E-state index contributed by atoms with van der Waals surface area (Å²) in [6.07, 6.45) is 0.875. The molecule has 1 aliphatic heterocycles. The topological polar surface area (TPSA) is 58.1 Å². The highest BCUT2D eigenvalue weighted by Gasteiger charge is 2.23. The van der Waals surface area contributed by atoms with Gasteiger partial charge in [-0.15, -0.1) is 0 Å². The number of hydrogen-bond donors (Lipinski definition) is 1. The van der Waals surface area contributed by atoms with Crippen LogP contribution in [0.4, 0.5) is 11.5 Å². The first-order valence-electron chi connectivity index (χ1n) is 9.56. The SMILES string of the molecule is Cc1nc(Nc2cccc(C)c2C)cc(C(=O)N2CCc3ccccc3C2)n1. The maximum atomic E-state index is 13.1. The predicted molar refractivity (Wildman–Crippen MR) is 111 cm³/mol. The highest BCUT2D eigenvalue weighted by atomic mass is 16.2. The Morgan fingerprint density at radius 3 is 2.61 bits per heavy atom. The van der Waals surface area contributed by atoms with Crippen molar-refractivity contribution in [2.75, 3.05) is 11.9 Å². The first-order chi connectivity index (χ1) is 13.5. The Labute approximate surface area is 165 Å². The molecule has 142 valence electrons. The molecule has 2 heterocycles. The molecule has 4 rings (SSSR count). The third-order valence-electron chi connectivity index (χ3n) is 5.34. The number of fused-ring (bicyclic) bond motifs is 1. The van der Waals surface area contributed by atoms with E-state index < -0.39 is 0 Å². The normalized spacial score (nSPS) is 13.2. The van der Waals surface area contributed by atoms with E-state index in [1.807, 2.05) is 30.0 Å². The molecule has 0 saturated heterocycles. The molecule has 0 bridgehead atoms. The van der Waals surface area contributed by atoms with Gasteiger partial charge < -0.3 is 10.2 Å². The number of rotatable bonds is 3. The predicted octanol–water partition coefficient (Wildman–Crippen LogP) is 4.34. The van der Waals surface area contributed by atoms with E-state index in [1.165, 1.54) is 22.3 Å².